The van der Waals surface area contributed by atoms with Crippen molar-refractivity contribution in [3.63, 3.8) is 0 Å². The monoisotopic (exact) mass is 257 g/mol. The molecule has 5 nitrogen and oxygen atoms in total. The largest absolute Gasteiger partial charge is 0.314 e. The second kappa shape index (κ2) is 5.48. The first kappa shape index (κ1) is 12.3. The lowest BCUT2D eigenvalue weighted by atomic mass is 10.1. The maximum atomic E-state index is 4.48. The fraction of sp³-hybridized carbons (Fsp3) is 0.500. The minimum absolute atomic E-state index is 0.376. The Bertz CT molecular complexity index is 525. The molecule has 2 heterocycles. The number of rotatable bonds is 4. The van der Waals surface area contributed by atoms with E-state index in [2.05, 4.69) is 51.9 Å². The lowest BCUT2D eigenvalue weighted by molar-refractivity contribution is 0.422. The zero-order chi connectivity index (χ0) is 13.1. The third-order valence-corrected chi connectivity index (χ3v) is 3.59. The molecule has 1 N–H and O–H groups in total. The molecule has 1 saturated heterocycles. The maximum absolute atomic E-state index is 4.48. The number of benzene rings is 1. The summed E-state index contributed by atoms with van der Waals surface area (Å²) in [6, 6.07) is 9.00. The van der Waals surface area contributed by atoms with Crippen LogP contribution in [-0.4, -0.2) is 33.3 Å². The van der Waals surface area contributed by atoms with Crippen LogP contribution in [0.3, 0.4) is 0 Å². The molecule has 0 bridgehead atoms. The van der Waals surface area contributed by atoms with Crippen LogP contribution in [0.15, 0.2) is 24.3 Å². The summed E-state index contributed by atoms with van der Waals surface area (Å²) in [4.78, 5) is 1.77. The summed E-state index contributed by atoms with van der Waals surface area (Å²) in [5, 5.41) is 16.1. The molecule has 1 unspecified atom stereocenters. The highest BCUT2D eigenvalue weighted by Gasteiger charge is 2.18. The van der Waals surface area contributed by atoms with Gasteiger partial charge in [-0.3, -0.25) is 0 Å². The van der Waals surface area contributed by atoms with E-state index in [1.54, 1.807) is 4.80 Å². The highest BCUT2D eigenvalue weighted by Crippen LogP contribution is 2.12. The Labute approximate surface area is 113 Å². The van der Waals surface area contributed by atoms with E-state index in [1.807, 2.05) is 0 Å². The summed E-state index contributed by atoms with van der Waals surface area (Å²) in [5.41, 5.74) is 2.62. The molecule has 5 heteroatoms. The van der Waals surface area contributed by atoms with E-state index >= 15 is 0 Å². The normalized spacial score (nSPS) is 18.9. The molecular weight excluding hydrogens is 238 g/mol. The SMILES string of the molecule is Cc1ccc(CCc2nnn(C3CCNC3)n2)cc1. The third-order valence-electron chi connectivity index (χ3n) is 3.59. The summed E-state index contributed by atoms with van der Waals surface area (Å²) < 4.78 is 0. The Hall–Kier alpha value is -1.75. The van der Waals surface area contributed by atoms with Crippen LogP contribution >= 0.6 is 0 Å². The molecule has 0 amide bonds. The number of nitrogens with one attached hydrogen (secondary N) is 1. The van der Waals surface area contributed by atoms with E-state index in [0.717, 1.165) is 38.2 Å². The van der Waals surface area contributed by atoms with Gasteiger partial charge in [0.05, 0.1) is 6.04 Å². The molecule has 1 aliphatic heterocycles. The van der Waals surface area contributed by atoms with Gasteiger partial charge in [0.2, 0.25) is 0 Å². The maximum Gasteiger partial charge on any atom is 0.175 e. The first-order valence-corrected chi connectivity index (χ1v) is 6.86. The molecule has 1 aliphatic rings. The second-order valence-electron chi connectivity index (χ2n) is 5.16. The summed E-state index contributed by atoms with van der Waals surface area (Å²) in [6.07, 6.45) is 2.91. The number of nitrogens with zero attached hydrogens (tertiary/aromatic N) is 4. The molecule has 1 aromatic carbocycles. The Morgan fingerprint density at radius 2 is 2.11 bits per heavy atom. The predicted octanol–water partition coefficient (Wildman–Crippen LogP) is 1.30. The van der Waals surface area contributed by atoms with Crippen molar-refractivity contribution in [3.05, 3.63) is 41.2 Å². The number of hydrogen-bond acceptors (Lipinski definition) is 4. The number of tetrazole rings is 1. The van der Waals surface area contributed by atoms with Crippen molar-refractivity contribution in [2.75, 3.05) is 13.1 Å². The third kappa shape index (κ3) is 2.98. The molecule has 1 aromatic heterocycles. The van der Waals surface area contributed by atoms with Gasteiger partial charge in [-0.25, -0.2) is 0 Å². The first-order valence-electron chi connectivity index (χ1n) is 6.86. The highest BCUT2D eigenvalue weighted by atomic mass is 15.6. The van der Waals surface area contributed by atoms with Crippen LogP contribution < -0.4 is 5.32 Å². The lowest BCUT2D eigenvalue weighted by Gasteiger charge is -2.04. The summed E-state index contributed by atoms with van der Waals surface area (Å²) in [6.45, 7) is 4.10. The van der Waals surface area contributed by atoms with Gasteiger partial charge in [0.1, 0.15) is 0 Å². The Kier molecular flexibility index (Phi) is 3.55. The molecule has 19 heavy (non-hydrogen) atoms. The molecule has 1 atom stereocenters. The van der Waals surface area contributed by atoms with Crippen molar-refractivity contribution in [2.45, 2.75) is 32.2 Å². The molecule has 1 fully saturated rings. The van der Waals surface area contributed by atoms with Crippen LogP contribution in [0.2, 0.25) is 0 Å². The topological polar surface area (TPSA) is 55.6 Å². The Morgan fingerprint density at radius 1 is 1.26 bits per heavy atom. The van der Waals surface area contributed by atoms with Gasteiger partial charge in [0.25, 0.3) is 0 Å². The molecule has 3 rings (SSSR count). The smallest absolute Gasteiger partial charge is 0.175 e. The minimum Gasteiger partial charge on any atom is -0.314 e. The quantitative estimate of drug-likeness (QED) is 0.897. The van der Waals surface area contributed by atoms with Crippen LogP contribution in [0.5, 0.6) is 0 Å². The zero-order valence-corrected chi connectivity index (χ0v) is 11.2. The first-order chi connectivity index (χ1) is 9.31. The van der Waals surface area contributed by atoms with E-state index in [9.17, 15) is 0 Å². The van der Waals surface area contributed by atoms with Crippen molar-refractivity contribution in [1.82, 2.24) is 25.5 Å². The summed E-state index contributed by atoms with van der Waals surface area (Å²) in [5.74, 6) is 0.840. The average Bonchev–Trinajstić information content (AvgIpc) is 3.09. The highest BCUT2D eigenvalue weighted by molar-refractivity contribution is 5.21. The summed E-state index contributed by atoms with van der Waals surface area (Å²) in [7, 11) is 0. The molecule has 0 radical (unpaired) electrons. The second-order valence-corrected chi connectivity index (χ2v) is 5.16. The molecule has 0 saturated carbocycles. The van der Waals surface area contributed by atoms with E-state index < -0.39 is 0 Å². The average molecular weight is 257 g/mol. The number of hydrogen-bond donors (Lipinski definition) is 1. The number of aromatic nitrogens is 4. The number of aryl methyl sites for hydroxylation is 3. The standard InChI is InChI=1S/C14H19N5/c1-11-2-4-12(5-3-11)6-7-14-16-18-19(17-14)13-8-9-15-10-13/h2-5,13,15H,6-10H2,1H3. The minimum atomic E-state index is 0.376. The molecular formula is C14H19N5. The van der Waals surface area contributed by atoms with E-state index in [1.165, 1.54) is 11.1 Å². The summed E-state index contributed by atoms with van der Waals surface area (Å²) >= 11 is 0. The Balaban J connectivity index is 1.59. The van der Waals surface area contributed by atoms with Crippen molar-refractivity contribution >= 4 is 0 Å². The van der Waals surface area contributed by atoms with Crippen molar-refractivity contribution in [3.8, 4) is 0 Å². The van der Waals surface area contributed by atoms with Crippen LogP contribution in [0.1, 0.15) is 29.4 Å². The van der Waals surface area contributed by atoms with Gasteiger partial charge in [0.15, 0.2) is 5.82 Å². The molecule has 0 aliphatic carbocycles. The van der Waals surface area contributed by atoms with E-state index in [-0.39, 0.29) is 0 Å². The van der Waals surface area contributed by atoms with Crippen LogP contribution in [0.4, 0.5) is 0 Å². The van der Waals surface area contributed by atoms with Gasteiger partial charge in [-0.05, 0) is 37.1 Å². The van der Waals surface area contributed by atoms with Gasteiger partial charge in [-0.2, -0.15) is 4.80 Å². The van der Waals surface area contributed by atoms with Crippen LogP contribution in [0.25, 0.3) is 0 Å². The lowest BCUT2D eigenvalue weighted by Crippen LogP contribution is -2.16. The van der Waals surface area contributed by atoms with Gasteiger partial charge >= 0.3 is 0 Å². The fourth-order valence-corrected chi connectivity index (χ4v) is 2.36. The van der Waals surface area contributed by atoms with Crippen LogP contribution in [-0.2, 0) is 12.8 Å². The van der Waals surface area contributed by atoms with Gasteiger partial charge in [-0.15, -0.1) is 10.2 Å². The van der Waals surface area contributed by atoms with Crippen LogP contribution in [0, 0.1) is 6.92 Å². The Morgan fingerprint density at radius 3 is 2.84 bits per heavy atom. The predicted molar refractivity (Wildman–Crippen MR) is 72.9 cm³/mol. The molecule has 100 valence electrons. The van der Waals surface area contributed by atoms with E-state index in [4.69, 9.17) is 0 Å². The van der Waals surface area contributed by atoms with Gasteiger partial charge < -0.3 is 5.32 Å². The van der Waals surface area contributed by atoms with E-state index in [0.29, 0.717) is 6.04 Å². The fourth-order valence-electron chi connectivity index (χ4n) is 2.36. The molecule has 2 aromatic rings. The molecule has 0 spiro atoms. The van der Waals surface area contributed by atoms with Gasteiger partial charge in [0, 0.05) is 13.0 Å². The van der Waals surface area contributed by atoms with Gasteiger partial charge in [-0.1, -0.05) is 29.8 Å². The van der Waals surface area contributed by atoms with Crippen molar-refractivity contribution < 1.29 is 0 Å². The zero-order valence-electron chi connectivity index (χ0n) is 11.2. The van der Waals surface area contributed by atoms with Crippen molar-refractivity contribution in [1.29, 1.82) is 0 Å². The van der Waals surface area contributed by atoms with Crippen molar-refractivity contribution in [2.24, 2.45) is 0 Å².